The fraction of sp³-hybridized carbons (Fsp3) is 0.250. The molecule has 27 heavy (non-hydrogen) atoms. The van der Waals surface area contributed by atoms with Crippen molar-refractivity contribution in [2.24, 2.45) is 0 Å². The van der Waals surface area contributed by atoms with Gasteiger partial charge in [-0.15, -0.1) is 0 Å². The fourth-order valence-electron chi connectivity index (χ4n) is 2.40. The van der Waals surface area contributed by atoms with Crippen LogP contribution in [-0.2, 0) is 20.3 Å². The molecular formula is C20H21NO5S. The summed E-state index contributed by atoms with van der Waals surface area (Å²) in [6.07, 6.45) is -1.10. The van der Waals surface area contributed by atoms with Crippen LogP contribution in [0.4, 0.5) is 5.69 Å². The molecule has 142 valence electrons. The molecule has 0 unspecified atom stereocenters. The van der Waals surface area contributed by atoms with E-state index in [1.807, 2.05) is 0 Å². The number of ether oxygens (including phenoxy) is 1. The van der Waals surface area contributed by atoms with Crippen molar-refractivity contribution in [2.75, 3.05) is 11.1 Å². The van der Waals surface area contributed by atoms with Crippen molar-refractivity contribution in [1.29, 1.82) is 0 Å². The molecule has 0 saturated carbocycles. The van der Waals surface area contributed by atoms with Gasteiger partial charge in [-0.1, -0.05) is 31.2 Å². The number of nitrogens with one attached hydrogen (secondary N) is 1. The summed E-state index contributed by atoms with van der Waals surface area (Å²) in [6.45, 7) is 4.59. The molecule has 0 heterocycles. The van der Waals surface area contributed by atoms with E-state index >= 15 is 0 Å². The summed E-state index contributed by atoms with van der Waals surface area (Å²) in [5, 5.41) is 2.60. The van der Waals surface area contributed by atoms with Gasteiger partial charge >= 0.3 is 5.97 Å². The highest BCUT2D eigenvalue weighted by Gasteiger charge is 2.23. The van der Waals surface area contributed by atoms with Crippen LogP contribution in [0.15, 0.2) is 53.4 Å². The molecule has 0 aliphatic carbocycles. The third-order valence-electron chi connectivity index (χ3n) is 3.83. The largest absolute Gasteiger partial charge is 0.449 e. The van der Waals surface area contributed by atoms with E-state index in [9.17, 15) is 18.6 Å². The molecule has 0 aliphatic rings. The zero-order valence-corrected chi connectivity index (χ0v) is 16.2. The van der Waals surface area contributed by atoms with Crippen molar-refractivity contribution in [3.8, 4) is 0 Å². The minimum Gasteiger partial charge on any atom is -0.449 e. The highest BCUT2D eigenvalue weighted by Crippen LogP contribution is 2.18. The van der Waals surface area contributed by atoms with Crippen molar-refractivity contribution in [1.82, 2.24) is 0 Å². The molecule has 2 atom stereocenters. The predicted molar refractivity (Wildman–Crippen MR) is 103 cm³/mol. The second kappa shape index (κ2) is 9.23. The van der Waals surface area contributed by atoms with Gasteiger partial charge in [0, 0.05) is 11.3 Å². The average Bonchev–Trinajstić information content (AvgIpc) is 2.67. The molecule has 0 bridgehead atoms. The standard InChI is InChI=1S/C20H21NO5S/c1-4-27(25)18-12-8-6-10-16(18)20(24)26-14(3)19(23)21-17-11-7-5-9-15(17)13(2)22/h5-12,14H,4H2,1-3H3,(H,21,23)/t14-,27+/m0/s1. The first-order chi connectivity index (χ1) is 12.8. The zero-order chi connectivity index (χ0) is 20.0. The maximum absolute atomic E-state index is 12.4. The summed E-state index contributed by atoms with van der Waals surface area (Å²) in [4.78, 5) is 36.8. The number of hydrogen-bond acceptors (Lipinski definition) is 5. The first-order valence-electron chi connectivity index (χ1n) is 8.44. The lowest BCUT2D eigenvalue weighted by Gasteiger charge is -2.16. The van der Waals surface area contributed by atoms with Gasteiger partial charge in [0.15, 0.2) is 11.9 Å². The molecule has 0 saturated heterocycles. The van der Waals surface area contributed by atoms with Crippen LogP contribution in [0.1, 0.15) is 41.5 Å². The summed E-state index contributed by atoms with van der Waals surface area (Å²) < 4.78 is 17.3. The third kappa shape index (κ3) is 5.10. The summed E-state index contributed by atoms with van der Waals surface area (Å²) in [5.41, 5.74) is 0.889. The Labute approximate surface area is 160 Å². The molecule has 0 spiro atoms. The molecule has 1 N–H and O–H groups in total. The van der Waals surface area contributed by atoms with E-state index in [0.717, 1.165) is 0 Å². The SMILES string of the molecule is CC[S@@](=O)c1ccccc1C(=O)O[C@@H](C)C(=O)Nc1ccccc1C(C)=O. The summed E-state index contributed by atoms with van der Waals surface area (Å²) in [5.74, 6) is -1.12. The van der Waals surface area contributed by atoms with Crippen LogP contribution < -0.4 is 5.32 Å². The summed E-state index contributed by atoms with van der Waals surface area (Å²) in [7, 11) is -1.33. The molecule has 0 fully saturated rings. The number of benzene rings is 2. The average molecular weight is 387 g/mol. The van der Waals surface area contributed by atoms with Crippen LogP contribution in [0.2, 0.25) is 0 Å². The Bertz CT molecular complexity index is 893. The zero-order valence-electron chi connectivity index (χ0n) is 15.4. The predicted octanol–water partition coefficient (Wildman–Crippen LogP) is 3.20. The van der Waals surface area contributed by atoms with E-state index < -0.39 is 28.8 Å². The van der Waals surface area contributed by atoms with Gasteiger partial charge in [0.1, 0.15) is 0 Å². The Kier molecular flexibility index (Phi) is 7.01. The first-order valence-corrected chi connectivity index (χ1v) is 9.76. The van der Waals surface area contributed by atoms with E-state index in [2.05, 4.69) is 5.32 Å². The van der Waals surface area contributed by atoms with E-state index in [1.165, 1.54) is 19.9 Å². The number of rotatable bonds is 7. The number of carbonyl (C=O) groups excluding carboxylic acids is 3. The quantitative estimate of drug-likeness (QED) is 0.582. The van der Waals surface area contributed by atoms with Crippen LogP contribution >= 0.6 is 0 Å². The molecule has 0 aliphatic heterocycles. The van der Waals surface area contributed by atoms with E-state index in [0.29, 0.717) is 21.9 Å². The van der Waals surface area contributed by atoms with Gasteiger partial charge in [0.2, 0.25) is 0 Å². The lowest BCUT2D eigenvalue weighted by molar-refractivity contribution is -0.123. The maximum atomic E-state index is 12.4. The fourth-order valence-corrected chi connectivity index (χ4v) is 3.34. The van der Waals surface area contributed by atoms with Gasteiger partial charge in [-0.25, -0.2) is 4.79 Å². The van der Waals surface area contributed by atoms with Gasteiger partial charge in [-0.2, -0.15) is 0 Å². The number of esters is 1. The second-order valence-electron chi connectivity index (χ2n) is 5.77. The Morgan fingerprint density at radius 1 is 1.04 bits per heavy atom. The highest BCUT2D eigenvalue weighted by atomic mass is 32.2. The molecule has 1 amide bonds. The Morgan fingerprint density at radius 3 is 2.26 bits per heavy atom. The molecule has 7 heteroatoms. The normalized spacial score (nSPS) is 12.7. The number of hydrogen-bond donors (Lipinski definition) is 1. The molecular weight excluding hydrogens is 366 g/mol. The van der Waals surface area contributed by atoms with Gasteiger partial charge < -0.3 is 10.1 Å². The molecule has 0 aromatic heterocycles. The Hall–Kier alpha value is -2.80. The highest BCUT2D eigenvalue weighted by molar-refractivity contribution is 7.85. The Balaban J connectivity index is 2.13. The maximum Gasteiger partial charge on any atom is 0.340 e. The smallest absolute Gasteiger partial charge is 0.340 e. The van der Waals surface area contributed by atoms with Gasteiger partial charge in [0.05, 0.1) is 26.9 Å². The lowest BCUT2D eigenvalue weighted by atomic mass is 10.1. The van der Waals surface area contributed by atoms with Gasteiger partial charge in [-0.3, -0.25) is 13.8 Å². The van der Waals surface area contributed by atoms with Crippen molar-refractivity contribution in [2.45, 2.75) is 31.8 Å². The van der Waals surface area contributed by atoms with Crippen molar-refractivity contribution in [3.63, 3.8) is 0 Å². The number of anilines is 1. The van der Waals surface area contributed by atoms with Crippen molar-refractivity contribution in [3.05, 3.63) is 59.7 Å². The molecule has 2 aromatic carbocycles. The minimum atomic E-state index is -1.33. The van der Waals surface area contributed by atoms with Crippen molar-refractivity contribution < 1.29 is 23.3 Å². The third-order valence-corrected chi connectivity index (χ3v) is 5.20. The van der Waals surface area contributed by atoms with Crippen LogP contribution in [0, 0.1) is 0 Å². The van der Waals surface area contributed by atoms with Gasteiger partial charge in [0.25, 0.3) is 5.91 Å². The second-order valence-corrected chi connectivity index (χ2v) is 7.48. The van der Waals surface area contributed by atoms with Gasteiger partial charge in [-0.05, 0) is 38.1 Å². The topological polar surface area (TPSA) is 89.5 Å². The van der Waals surface area contributed by atoms with E-state index in [-0.39, 0.29) is 11.3 Å². The molecule has 2 aromatic rings. The van der Waals surface area contributed by atoms with Crippen LogP contribution in [-0.4, -0.2) is 33.7 Å². The van der Waals surface area contributed by atoms with Crippen LogP contribution in [0.5, 0.6) is 0 Å². The lowest BCUT2D eigenvalue weighted by Crippen LogP contribution is -2.30. The van der Waals surface area contributed by atoms with Crippen molar-refractivity contribution >= 4 is 34.1 Å². The number of amides is 1. The van der Waals surface area contributed by atoms with E-state index in [1.54, 1.807) is 49.4 Å². The number of Topliss-reactive ketones (excluding diaryl/α,β-unsaturated/α-hetero) is 1. The first kappa shape index (κ1) is 20.5. The van der Waals surface area contributed by atoms with E-state index in [4.69, 9.17) is 4.74 Å². The summed E-state index contributed by atoms with van der Waals surface area (Å²) >= 11 is 0. The number of carbonyl (C=O) groups is 3. The molecule has 2 rings (SSSR count). The molecule has 0 radical (unpaired) electrons. The molecule has 6 nitrogen and oxygen atoms in total. The summed E-state index contributed by atoms with van der Waals surface area (Å²) in [6, 6.07) is 13.0. The number of para-hydroxylation sites is 1. The monoisotopic (exact) mass is 387 g/mol. The Morgan fingerprint density at radius 2 is 1.63 bits per heavy atom. The number of ketones is 1. The van der Waals surface area contributed by atoms with Crippen LogP contribution in [0.3, 0.4) is 0 Å². The minimum absolute atomic E-state index is 0.168. The van der Waals surface area contributed by atoms with Crippen LogP contribution in [0.25, 0.3) is 0 Å².